The average molecular weight is 270 g/mol. The first kappa shape index (κ1) is 13.9. The Kier molecular flexibility index (Phi) is 3.94. The van der Waals surface area contributed by atoms with Gasteiger partial charge in [0.15, 0.2) is 5.82 Å². The highest BCUT2D eigenvalue weighted by atomic mass is 19.1. The number of nitriles is 1. The largest absolute Gasteiger partial charge is 0.363 e. The minimum absolute atomic E-state index is 0.225. The summed E-state index contributed by atoms with van der Waals surface area (Å²) < 4.78 is 13.2. The van der Waals surface area contributed by atoms with Crippen molar-refractivity contribution < 1.29 is 4.39 Å². The third-order valence-electron chi connectivity index (χ3n) is 3.25. The van der Waals surface area contributed by atoms with E-state index in [1.165, 1.54) is 6.07 Å². The lowest BCUT2D eigenvalue weighted by Crippen LogP contribution is -2.07. The zero-order chi connectivity index (χ0) is 14.7. The van der Waals surface area contributed by atoms with Crippen LogP contribution in [0.25, 0.3) is 0 Å². The number of rotatable bonds is 3. The van der Waals surface area contributed by atoms with Crippen molar-refractivity contribution in [3.05, 3.63) is 52.0 Å². The van der Waals surface area contributed by atoms with Crippen molar-refractivity contribution in [3.8, 4) is 6.07 Å². The van der Waals surface area contributed by atoms with Crippen molar-refractivity contribution in [2.75, 3.05) is 5.32 Å². The molecule has 0 bridgehead atoms. The first-order chi connectivity index (χ1) is 9.52. The Morgan fingerprint density at radius 1 is 1.25 bits per heavy atom. The number of nitrogens with zero attached hydrogens (tertiary/aromatic N) is 3. The number of benzene rings is 1. The second-order valence-corrected chi connectivity index (χ2v) is 4.68. The van der Waals surface area contributed by atoms with Gasteiger partial charge in [-0.1, -0.05) is 12.1 Å². The van der Waals surface area contributed by atoms with Crippen LogP contribution in [0.2, 0.25) is 0 Å². The first-order valence-corrected chi connectivity index (χ1v) is 6.25. The summed E-state index contributed by atoms with van der Waals surface area (Å²) in [5.41, 5.74) is 3.57. The Balaban J connectivity index is 2.21. The molecule has 2 rings (SSSR count). The number of hydrogen-bond acceptors (Lipinski definition) is 4. The van der Waals surface area contributed by atoms with Crippen LogP contribution < -0.4 is 5.32 Å². The minimum atomic E-state index is -0.225. The fraction of sp³-hybridized carbons (Fsp3) is 0.267. The Hall–Kier alpha value is -2.48. The molecule has 0 spiro atoms. The standard InChI is InChI=1S/C15H15FN4/c1-9-6-12(4-5-14(9)16)8-18-15-13(7-17)10(2)11(3)19-20-15/h4-6H,8H2,1-3H3,(H,18,20). The molecule has 0 unspecified atom stereocenters. The number of aromatic nitrogens is 2. The zero-order valence-electron chi connectivity index (χ0n) is 11.7. The highest BCUT2D eigenvalue weighted by molar-refractivity contribution is 5.55. The lowest BCUT2D eigenvalue weighted by molar-refractivity contribution is 0.617. The van der Waals surface area contributed by atoms with Gasteiger partial charge in [-0.05, 0) is 43.5 Å². The van der Waals surface area contributed by atoms with Gasteiger partial charge < -0.3 is 5.32 Å². The number of halogens is 1. The third-order valence-corrected chi connectivity index (χ3v) is 3.25. The summed E-state index contributed by atoms with van der Waals surface area (Å²) in [6.07, 6.45) is 0. The van der Waals surface area contributed by atoms with Crippen molar-refractivity contribution in [2.24, 2.45) is 0 Å². The van der Waals surface area contributed by atoms with Crippen LogP contribution in [0.5, 0.6) is 0 Å². The van der Waals surface area contributed by atoms with Crippen molar-refractivity contribution in [1.82, 2.24) is 10.2 Å². The van der Waals surface area contributed by atoms with E-state index in [4.69, 9.17) is 0 Å². The fourth-order valence-corrected chi connectivity index (χ4v) is 1.87. The van der Waals surface area contributed by atoms with E-state index >= 15 is 0 Å². The van der Waals surface area contributed by atoms with Crippen LogP contribution in [-0.4, -0.2) is 10.2 Å². The molecule has 1 heterocycles. The van der Waals surface area contributed by atoms with Crippen LogP contribution in [0.4, 0.5) is 10.2 Å². The first-order valence-electron chi connectivity index (χ1n) is 6.25. The van der Waals surface area contributed by atoms with Gasteiger partial charge in [0.05, 0.1) is 5.69 Å². The lowest BCUT2D eigenvalue weighted by Gasteiger charge is -2.10. The van der Waals surface area contributed by atoms with Crippen molar-refractivity contribution in [1.29, 1.82) is 5.26 Å². The van der Waals surface area contributed by atoms with Crippen molar-refractivity contribution >= 4 is 5.82 Å². The summed E-state index contributed by atoms with van der Waals surface area (Å²) in [6.45, 7) is 5.84. The monoisotopic (exact) mass is 270 g/mol. The van der Waals surface area contributed by atoms with Gasteiger partial charge in [0.25, 0.3) is 0 Å². The molecule has 102 valence electrons. The van der Waals surface area contributed by atoms with Gasteiger partial charge >= 0.3 is 0 Å². The minimum Gasteiger partial charge on any atom is -0.363 e. The molecule has 0 radical (unpaired) electrons. The number of aryl methyl sites for hydroxylation is 2. The average Bonchev–Trinajstić information content (AvgIpc) is 2.44. The molecular formula is C15H15FN4. The quantitative estimate of drug-likeness (QED) is 0.931. The molecule has 1 aromatic carbocycles. The van der Waals surface area contributed by atoms with Crippen LogP contribution in [0.15, 0.2) is 18.2 Å². The normalized spacial score (nSPS) is 10.2. The Morgan fingerprint density at radius 2 is 2.00 bits per heavy atom. The Morgan fingerprint density at radius 3 is 2.65 bits per heavy atom. The van der Waals surface area contributed by atoms with E-state index in [2.05, 4.69) is 21.6 Å². The third kappa shape index (κ3) is 2.75. The van der Waals surface area contributed by atoms with Gasteiger partial charge in [-0.3, -0.25) is 0 Å². The van der Waals surface area contributed by atoms with Gasteiger partial charge in [-0.25, -0.2) is 4.39 Å². The lowest BCUT2D eigenvalue weighted by atomic mass is 10.1. The molecule has 0 saturated carbocycles. The molecule has 0 aliphatic carbocycles. The summed E-state index contributed by atoms with van der Waals surface area (Å²) in [6, 6.07) is 7.04. The highest BCUT2D eigenvalue weighted by Gasteiger charge is 2.10. The molecule has 5 heteroatoms. The van der Waals surface area contributed by atoms with Crippen LogP contribution in [0.1, 0.15) is 27.9 Å². The van der Waals surface area contributed by atoms with Crippen LogP contribution in [0, 0.1) is 37.9 Å². The molecule has 0 fully saturated rings. The van der Waals surface area contributed by atoms with Gasteiger partial charge in [-0.2, -0.15) is 10.4 Å². The molecule has 0 aliphatic rings. The number of hydrogen-bond donors (Lipinski definition) is 1. The summed E-state index contributed by atoms with van der Waals surface area (Å²) >= 11 is 0. The molecule has 0 saturated heterocycles. The van der Waals surface area contributed by atoms with E-state index in [-0.39, 0.29) is 5.82 Å². The summed E-state index contributed by atoms with van der Waals surface area (Å²) in [7, 11) is 0. The Bertz CT molecular complexity index is 689. The van der Waals surface area contributed by atoms with E-state index in [1.807, 2.05) is 13.8 Å². The SMILES string of the molecule is Cc1cc(CNc2nnc(C)c(C)c2C#N)ccc1F. The molecule has 0 aliphatic heterocycles. The predicted octanol–water partition coefficient (Wildman–Crippen LogP) is 3.02. The molecule has 0 atom stereocenters. The zero-order valence-corrected chi connectivity index (χ0v) is 11.7. The van der Waals surface area contributed by atoms with Gasteiger partial charge in [0.1, 0.15) is 17.4 Å². The van der Waals surface area contributed by atoms with Crippen molar-refractivity contribution in [2.45, 2.75) is 27.3 Å². The van der Waals surface area contributed by atoms with Gasteiger partial charge in [-0.15, -0.1) is 5.10 Å². The van der Waals surface area contributed by atoms with E-state index < -0.39 is 0 Å². The maximum Gasteiger partial charge on any atom is 0.167 e. The predicted molar refractivity (Wildman–Crippen MR) is 74.7 cm³/mol. The molecule has 1 N–H and O–H groups in total. The second-order valence-electron chi connectivity index (χ2n) is 4.68. The summed E-state index contributed by atoms with van der Waals surface area (Å²) in [4.78, 5) is 0. The molecule has 0 amide bonds. The molecule has 2 aromatic rings. The topological polar surface area (TPSA) is 61.6 Å². The molecule has 20 heavy (non-hydrogen) atoms. The van der Waals surface area contributed by atoms with Crippen LogP contribution in [0.3, 0.4) is 0 Å². The molecule has 4 nitrogen and oxygen atoms in total. The smallest absolute Gasteiger partial charge is 0.167 e. The second kappa shape index (κ2) is 5.66. The Labute approximate surface area is 117 Å². The van der Waals surface area contributed by atoms with Gasteiger partial charge in [0.2, 0.25) is 0 Å². The van der Waals surface area contributed by atoms with Crippen molar-refractivity contribution in [3.63, 3.8) is 0 Å². The number of anilines is 1. The highest BCUT2D eigenvalue weighted by Crippen LogP contribution is 2.18. The maximum absolute atomic E-state index is 13.2. The van der Waals surface area contributed by atoms with E-state index in [0.717, 1.165) is 16.8 Å². The maximum atomic E-state index is 13.2. The fourth-order valence-electron chi connectivity index (χ4n) is 1.87. The summed E-state index contributed by atoms with van der Waals surface area (Å²) in [5.74, 6) is 0.231. The molecule has 1 aromatic heterocycles. The van der Waals surface area contributed by atoms with E-state index in [9.17, 15) is 9.65 Å². The van der Waals surface area contributed by atoms with E-state index in [0.29, 0.717) is 23.5 Å². The van der Waals surface area contributed by atoms with Crippen LogP contribution >= 0.6 is 0 Å². The van der Waals surface area contributed by atoms with Gasteiger partial charge in [0, 0.05) is 6.54 Å². The number of nitrogens with one attached hydrogen (secondary N) is 1. The summed E-state index contributed by atoms with van der Waals surface area (Å²) in [5, 5.41) is 20.3. The van der Waals surface area contributed by atoms with E-state index in [1.54, 1.807) is 19.1 Å². The molecular weight excluding hydrogens is 255 g/mol. The van der Waals surface area contributed by atoms with Crippen LogP contribution in [-0.2, 0) is 6.54 Å².